The zero-order valence-electron chi connectivity index (χ0n) is 7.37. The Balaban J connectivity index is 3.32. The van der Waals surface area contributed by atoms with Crippen LogP contribution in [0.4, 0.5) is 0 Å². The average molecular weight is 174 g/mol. The van der Waals surface area contributed by atoms with Crippen LogP contribution in [0, 0.1) is 5.92 Å². The molecule has 70 valence electrons. The van der Waals surface area contributed by atoms with Gasteiger partial charge in [0.1, 0.15) is 0 Å². The molecule has 0 aromatic carbocycles. The number of hydrogen-bond donors (Lipinski definition) is 1. The minimum Gasteiger partial charge on any atom is -0.481 e. The van der Waals surface area contributed by atoms with Gasteiger partial charge in [-0.25, -0.2) is 0 Å². The molecule has 12 heavy (non-hydrogen) atoms. The highest BCUT2D eigenvalue weighted by Crippen LogP contribution is 1.97. The SMILES string of the molecule is CC(C)C(=O)OCCCC(=O)O. The molecule has 0 aliphatic carbocycles. The van der Waals surface area contributed by atoms with Crippen LogP contribution in [0.2, 0.25) is 0 Å². The Labute approximate surface area is 71.5 Å². The lowest BCUT2D eigenvalue weighted by molar-refractivity contribution is -0.148. The predicted octanol–water partition coefficient (Wildman–Crippen LogP) is 1.05. The zero-order valence-corrected chi connectivity index (χ0v) is 7.37. The molecular formula is C8H14O4. The number of carboxylic acids is 1. The number of carboxylic acid groups (broad SMARTS) is 1. The molecule has 0 unspecified atom stereocenters. The average Bonchev–Trinajstić information content (AvgIpc) is 1.97. The van der Waals surface area contributed by atoms with Crippen LogP contribution < -0.4 is 0 Å². The number of carbonyl (C=O) groups excluding carboxylic acids is 1. The Morgan fingerprint density at radius 3 is 2.42 bits per heavy atom. The van der Waals surface area contributed by atoms with Crippen molar-refractivity contribution in [3.05, 3.63) is 0 Å². The summed E-state index contributed by atoms with van der Waals surface area (Å²) in [5.74, 6) is -1.29. The first-order valence-electron chi connectivity index (χ1n) is 3.92. The van der Waals surface area contributed by atoms with Crippen LogP contribution >= 0.6 is 0 Å². The highest BCUT2D eigenvalue weighted by molar-refractivity contribution is 5.71. The number of hydrogen-bond acceptors (Lipinski definition) is 3. The van der Waals surface area contributed by atoms with Crippen molar-refractivity contribution in [2.45, 2.75) is 26.7 Å². The van der Waals surface area contributed by atoms with Crippen molar-refractivity contribution in [3.63, 3.8) is 0 Å². The summed E-state index contributed by atoms with van der Waals surface area (Å²) >= 11 is 0. The van der Waals surface area contributed by atoms with Gasteiger partial charge in [-0.3, -0.25) is 9.59 Å². The van der Waals surface area contributed by atoms with E-state index in [-0.39, 0.29) is 24.9 Å². The van der Waals surface area contributed by atoms with Crippen LogP contribution in [0.5, 0.6) is 0 Å². The van der Waals surface area contributed by atoms with E-state index in [4.69, 9.17) is 9.84 Å². The molecule has 0 bridgehead atoms. The Bertz CT molecular complexity index is 162. The van der Waals surface area contributed by atoms with Crippen LogP contribution in [0.25, 0.3) is 0 Å². The topological polar surface area (TPSA) is 63.6 Å². The molecule has 0 atom stereocenters. The maximum absolute atomic E-state index is 10.8. The molecule has 0 aliphatic rings. The highest BCUT2D eigenvalue weighted by Gasteiger charge is 2.07. The fourth-order valence-electron chi connectivity index (χ4n) is 0.563. The van der Waals surface area contributed by atoms with Crippen LogP contribution in [-0.2, 0) is 14.3 Å². The third-order valence-corrected chi connectivity index (χ3v) is 1.25. The summed E-state index contributed by atoms with van der Waals surface area (Å²) in [7, 11) is 0. The summed E-state index contributed by atoms with van der Waals surface area (Å²) in [5.41, 5.74) is 0. The van der Waals surface area contributed by atoms with Crippen molar-refractivity contribution in [2.75, 3.05) is 6.61 Å². The number of rotatable bonds is 5. The molecule has 0 spiro atoms. The zero-order chi connectivity index (χ0) is 9.56. The van der Waals surface area contributed by atoms with E-state index in [0.717, 1.165) is 0 Å². The lowest BCUT2D eigenvalue weighted by atomic mass is 10.2. The highest BCUT2D eigenvalue weighted by atomic mass is 16.5. The molecule has 0 saturated carbocycles. The van der Waals surface area contributed by atoms with E-state index in [2.05, 4.69) is 0 Å². The summed E-state index contributed by atoms with van der Waals surface area (Å²) < 4.78 is 4.75. The van der Waals surface area contributed by atoms with E-state index in [1.165, 1.54) is 0 Å². The van der Waals surface area contributed by atoms with Crippen LogP contribution in [0.3, 0.4) is 0 Å². The molecule has 0 saturated heterocycles. The van der Waals surface area contributed by atoms with Gasteiger partial charge in [-0.05, 0) is 6.42 Å². The van der Waals surface area contributed by atoms with Gasteiger partial charge in [-0.15, -0.1) is 0 Å². The second-order valence-corrected chi connectivity index (χ2v) is 2.82. The van der Waals surface area contributed by atoms with Crippen LogP contribution in [0.1, 0.15) is 26.7 Å². The Kier molecular flexibility index (Phi) is 5.08. The van der Waals surface area contributed by atoms with Gasteiger partial charge < -0.3 is 9.84 Å². The van der Waals surface area contributed by atoms with Crippen LogP contribution in [-0.4, -0.2) is 23.7 Å². The quantitative estimate of drug-likeness (QED) is 0.499. The molecule has 0 fully saturated rings. The standard InChI is InChI=1S/C8H14O4/c1-6(2)8(11)12-5-3-4-7(9)10/h6H,3-5H2,1-2H3,(H,9,10). The van der Waals surface area contributed by atoms with E-state index in [0.29, 0.717) is 6.42 Å². The second kappa shape index (κ2) is 5.57. The van der Waals surface area contributed by atoms with Gasteiger partial charge in [0.2, 0.25) is 0 Å². The molecule has 0 aromatic rings. The Morgan fingerprint density at radius 2 is 2.00 bits per heavy atom. The third-order valence-electron chi connectivity index (χ3n) is 1.25. The molecule has 0 rings (SSSR count). The maximum atomic E-state index is 10.8. The third kappa shape index (κ3) is 5.70. The van der Waals surface area contributed by atoms with E-state index in [9.17, 15) is 9.59 Å². The molecule has 0 amide bonds. The molecule has 4 heteroatoms. The second-order valence-electron chi connectivity index (χ2n) is 2.82. The smallest absolute Gasteiger partial charge is 0.308 e. The monoisotopic (exact) mass is 174 g/mol. The van der Waals surface area contributed by atoms with Crippen molar-refractivity contribution >= 4 is 11.9 Å². The van der Waals surface area contributed by atoms with Gasteiger partial charge in [-0.1, -0.05) is 13.8 Å². The normalized spacial score (nSPS) is 9.92. The van der Waals surface area contributed by atoms with E-state index in [1.807, 2.05) is 0 Å². The van der Waals surface area contributed by atoms with Gasteiger partial charge in [0.15, 0.2) is 0 Å². The summed E-state index contributed by atoms with van der Waals surface area (Å²) in [6, 6.07) is 0. The molecule has 4 nitrogen and oxygen atoms in total. The van der Waals surface area contributed by atoms with Crippen LogP contribution in [0.15, 0.2) is 0 Å². The summed E-state index contributed by atoms with van der Waals surface area (Å²) in [4.78, 5) is 20.9. The van der Waals surface area contributed by atoms with Crippen molar-refractivity contribution < 1.29 is 19.4 Å². The molecule has 1 N–H and O–H groups in total. The maximum Gasteiger partial charge on any atom is 0.308 e. The molecular weight excluding hydrogens is 160 g/mol. The minimum atomic E-state index is -0.865. The summed E-state index contributed by atoms with van der Waals surface area (Å²) in [6.45, 7) is 3.67. The van der Waals surface area contributed by atoms with E-state index in [1.54, 1.807) is 13.8 Å². The first-order chi connectivity index (χ1) is 5.54. The first kappa shape index (κ1) is 10.9. The number of ether oxygens (including phenoxy) is 1. The van der Waals surface area contributed by atoms with E-state index >= 15 is 0 Å². The van der Waals surface area contributed by atoms with Gasteiger partial charge in [0.05, 0.1) is 12.5 Å². The van der Waals surface area contributed by atoms with Gasteiger partial charge in [-0.2, -0.15) is 0 Å². The fraction of sp³-hybridized carbons (Fsp3) is 0.750. The number of carbonyl (C=O) groups is 2. The lowest BCUT2D eigenvalue weighted by Gasteiger charge is -2.05. The van der Waals surface area contributed by atoms with Gasteiger partial charge in [0, 0.05) is 6.42 Å². The number of aliphatic carboxylic acids is 1. The van der Waals surface area contributed by atoms with Gasteiger partial charge in [0.25, 0.3) is 0 Å². The first-order valence-corrected chi connectivity index (χ1v) is 3.92. The number of esters is 1. The van der Waals surface area contributed by atoms with Crippen molar-refractivity contribution in [3.8, 4) is 0 Å². The molecule has 0 aliphatic heterocycles. The van der Waals surface area contributed by atoms with Crippen molar-refractivity contribution in [1.82, 2.24) is 0 Å². The molecule has 0 heterocycles. The Morgan fingerprint density at radius 1 is 1.42 bits per heavy atom. The molecule has 0 radical (unpaired) electrons. The van der Waals surface area contributed by atoms with Crippen molar-refractivity contribution in [2.24, 2.45) is 5.92 Å². The minimum absolute atomic E-state index is 0.0470. The lowest BCUT2D eigenvalue weighted by Crippen LogP contribution is -2.12. The summed E-state index contributed by atoms with van der Waals surface area (Å²) in [6.07, 6.45) is 0.430. The van der Waals surface area contributed by atoms with Gasteiger partial charge >= 0.3 is 11.9 Å². The summed E-state index contributed by atoms with van der Waals surface area (Å²) in [5, 5.41) is 8.25. The largest absolute Gasteiger partial charge is 0.481 e. The molecule has 0 aromatic heterocycles. The Hall–Kier alpha value is -1.06. The van der Waals surface area contributed by atoms with E-state index < -0.39 is 5.97 Å². The fourth-order valence-corrected chi connectivity index (χ4v) is 0.563. The van der Waals surface area contributed by atoms with Crippen molar-refractivity contribution in [1.29, 1.82) is 0 Å². The predicted molar refractivity (Wildman–Crippen MR) is 42.7 cm³/mol.